The van der Waals surface area contributed by atoms with Gasteiger partial charge in [-0.05, 0) is 44.2 Å². The van der Waals surface area contributed by atoms with Gasteiger partial charge in [0.2, 0.25) is 0 Å². The number of aliphatic hydroxyl groups is 1. The van der Waals surface area contributed by atoms with Gasteiger partial charge in [0, 0.05) is 19.6 Å². The van der Waals surface area contributed by atoms with Crippen molar-refractivity contribution < 1.29 is 19.7 Å². The third-order valence-corrected chi connectivity index (χ3v) is 5.63. The van der Waals surface area contributed by atoms with Gasteiger partial charge in [-0.1, -0.05) is 30.5 Å². The molecule has 0 radical (unpaired) electrons. The molecule has 2 aliphatic rings. The number of aliphatic carboxylic acids is 1. The van der Waals surface area contributed by atoms with E-state index in [4.69, 9.17) is 4.74 Å². The third kappa shape index (κ3) is 4.15. The summed E-state index contributed by atoms with van der Waals surface area (Å²) in [5.41, 5.74) is 1.31. The number of carboxylic acid groups (broad SMARTS) is 1. The van der Waals surface area contributed by atoms with Gasteiger partial charge >= 0.3 is 5.97 Å². The van der Waals surface area contributed by atoms with E-state index in [1.165, 1.54) is 5.56 Å². The first-order valence-electron chi connectivity index (χ1n) is 9.24. The van der Waals surface area contributed by atoms with Crippen LogP contribution in [0, 0.1) is 25.2 Å². The Kier molecular flexibility index (Phi) is 5.35. The Hall–Kier alpha value is -1.59. The summed E-state index contributed by atoms with van der Waals surface area (Å²) < 4.78 is 5.89. The molecule has 2 N–H and O–H groups in total. The van der Waals surface area contributed by atoms with Crippen LogP contribution < -0.4 is 4.74 Å². The number of carbonyl (C=O) groups is 1. The van der Waals surface area contributed by atoms with E-state index < -0.39 is 17.5 Å². The maximum atomic E-state index is 11.9. The van der Waals surface area contributed by atoms with Gasteiger partial charge in [-0.2, -0.15) is 0 Å². The molecular weight excluding hydrogens is 318 g/mol. The lowest BCUT2D eigenvalue weighted by Crippen LogP contribution is -2.56. The SMILES string of the molecule is Cc1ccc(OCCN2CC[C@H](O)[C@@](CC3CC3)(C(=O)O)C2)c(C)c1. The van der Waals surface area contributed by atoms with Crippen molar-refractivity contribution in [2.75, 3.05) is 26.2 Å². The summed E-state index contributed by atoms with van der Waals surface area (Å²) in [6.07, 6.45) is 2.55. The summed E-state index contributed by atoms with van der Waals surface area (Å²) in [5, 5.41) is 20.2. The van der Waals surface area contributed by atoms with Gasteiger partial charge in [-0.3, -0.25) is 9.69 Å². The molecule has 0 spiro atoms. The lowest BCUT2D eigenvalue weighted by Gasteiger charge is -2.43. The van der Waals surface area contributed by atoms with Crippen LogP contribution in [0.5, 0.6) is 5.75 Å². The largest absolute Gasteiger partial charge is 0.492 e. The van der Waals surface area contributed by atoms with E-state index in [9.17, 15) is 15.0 Å². The highest BCUT2D eigenvalue weighted by Gasteiger charge is 2.51. The summed E-state index contributed by atoms with van der Waals surface area (Å²) in [6.45, 7) is 6.43. The predicted molar refractivity (Wildman–Crippen MR) is 95.9 cm³/mol. The number of rotatable bonds is 7. The van der Waals surface area contributed by atoms with Gasteiger partial charge in [0.25, 0.3) is 0 Å². The molecule has 3 rings (SSSR count). The van der Waals surface area contributed by atoms with Crippen LogP contribution >= 0.6 is 0 Å². The maximum absolute atomic E-state index is 11.9. The second kappa shape index (κ2) is 7.34. The van der Waals surface area contributed by atoms with E-state index in [0.29, 0.717) is 38.5 Å². The zero-order valence-electron chi connectivity index (χ0n) is 15.2. The first kappa shape index (κ1) is 18.2. The number of piperidine rings is 1. The first-order valence-corrected chi connectivity index (χ1v) is 9.24. The van der Waals surface area contributed by atoms with E-state index >= 15 is 0 Å². The topological polar surface area (TPSA) is 70.0 Å². The normalized spacial score (nSPS) is 27.2. The molecule has 138 valence electrons. The fourth-order valence-electron chi connectivity index (χ4n) is 3.94. The van der Waals surface area contributed by atoms with Crippen LogP contribution in [0.2, 0.25) is 0 Å². The van der Waals surface area contributed by atoms with E-state index in [2.05, 4.69) is 17.9 Å². The molecule has 1 heterocycles. The second-order valence-electron chi connectivity index (χ2n) is 7.81. The van der Waals surface area contributed by atoms with Crippen LogP contribution in [-0.2, 0) is 4.79 Å². The lowest BCUT2D eigenvalue weighted by atomic mass is 9.73. The quantitative estimate of drug-likeness (QED) is 0.793. The molecule has 1 aliphatic carbocycles. The number of aliphatic hydroxyl groups excluding tert-OH is 1. The van der Waals surface area contributed by atoms with Gasteiger partial charge in [0.1, 0.15) is 17.8 Å². The molecule has 1 aromatic carbocycles. The Morgan fingerprint density at radius 1 is 1.32 bits per heavy atom. The van der Waals surface area contributed by atoms with Crippen molar-refractivity contribution in [1.29, 1.82) is 0 Å². The summed E-state index contributed by atoms with van der Waals surface area (Å²) in [6, 6.07) is 6.11. The van der Waals surface area contributed by atoms with Crippen LogP contribution in [0.1, 0.15) is 36.8 Å². The van der Waals surface area contributed by atoms with Crippen molar-refractivity contribution in [2.24, 2.45) is 11.3 Å². The highest BCUT2D eigenvalue weighted by atomic mass is 16.5. The van der Waals surface area contributed by atoms with E-state index in [-0.39, 0.29) is 0 Å². The molecule has 5 nitrogen and oxygen atoms in total. The number of nitrogens with zero attached hydrogens (tertiary/aromatic N) is 1. The van der Waals surface area contributed by atoms with Crippen molar-refractivity contribution in [3.8, 4) is 5.75 Å². The Balaban J connectivity index is 1.58. The molecule has 1 aliphatic heterocycles. The van der Waals surface area contributed by atoms with Gasteiger partial charge in [-0.15, -0.1) is 0 Å². The first-order chi connectivity index (χ1) is 11.9. The van der Waals surface area contributed by atoms with Crippen LogP contribution in [0.3, 0.4) is 0 Å². The van der Waals surface area contributed by atoms with Crippen molar-refractivity contribution >= 4 is 5.97 Å². The Labute approximate surface area is 149 Å². The van der Waals surface area contributed by atoms with Crippen LogP contribution in [0.15, 0.2) is 18.2 Å². The van der Waals surface area contributed by atoms with Crippen molar-refractivity contribution in [3.63, 3.8) is 0 Å². The molecule has 0 unspecified atom stereocenters. The zero-order valence-corrected chi connectivity index (χ0v) is 15.2. The number of likely N-dealkylation sites (tertiary alicyclic amines) is 1. The Morgan fingerprint density at radius 2 is 2.08 bits per heavy atom. The smallest absolute Gasteiger partial charge is 0.313 e. The number of ether oxygens (including phenoxy) is 1. The monoisotopic (exact) mass is 347 g/mol. The maximum Gasteiger partial charge on any atom is 0.313 e. The van der Waals surface area contributed by atoms with Crippen molar-refractivity contribution in [3.05, 3.63) is 29.3 Å². The molecule has 5 heteroatoms. The van der Waals surface area contributed by atoms with Crippen molar-refractivity contribution in [2.45, 2.75) is 45.6 Å². The van der Waals surface area contributed by atoms with Gasteiger partial charge in [-0.25, -0.2) is 0 Å². The van der Waals surface area contributed by atoms with Gasteiger partial charge < -0.3 is 14.9 Å². The number of hydrogen-bond donors (Lipinski definition) is 2. The number of benzene rings is 1. The van der Waals surface area contributed by atoms with E-state index in [1.54, 1.807) is 0 Å². The van der Waals surface area contributed by atoms with Crippen molar-refractivity contribution in [1.82, 2.24) is 4.90 Å². The fourth-order valence-corrected chi connectivity index (χ4v) is 3.94. The third-order valence-electron chi connectivity index (χ3n) is 5.63. The molecule has 1 saturated heterocycles. The number of aryl methyl sites for hydroxylation is 2. The Morgan fingerprint density at radius 3 is 2.72 bits per heavy atom. The van der Waals surface area contributed by atoms with Gasteiger partial charge in [0.15, 0.2) is 0 Å². The molecule has 0 amide bonds. The molecular formula is C20H29NO4. The second-order valence-corrected chi connectivity index (χ2v) is 7.81. The highest BCUT2D eigenvalue weighted by Crippen LogP contribution is 2.45. The molecule has 0 bridgehead atoms. The molecule has 1 aromatic rings. The predicted octanol–water partition coefficient (Wildman–Crippen LogP) is 2.62. The van der Waals surface area contributed by atoms with Crippen LogP contribution in [0.4, 0.5) is 0 Å². The molecule has 2 fully saturated rings. The minimum atomic E-state index is -1.01. The average Bonchev–Trinajstić information content (AvgIpc) is 3.36. The number of carboxylic acids is 1. The standard InChI is InChI=1S/C20H29NO4/c1-14-3-6-17(15(2)11-14)25-10-9-21-8-7-18(22)20(13-21,19(23)24)12-16-4-5-16/h3,6,11,16,18,22H,4-5,7-10,12-13H2,1-2H3,(H,23,24)/t18-,20-/m0/s1. The van der Waals surface area contributed by atoms with Gasteiger partial charge in [0.05, 0.1) is 6.10 Å². The van der Waals surface area contributed by atoms with Crippen LogP contribution in [0.25, 0.3) is 0 Å². The fraction of sp³-hybridized carbons (Fsp3) is 0.650. The summed E-state index contributed by atoms with van der Waals surface area (Å²) in [4.78, 5) is 14.1. The lowest BCUT2D eigenvalue weighted by molar-refractivity contribution is -0.165. The zero-order chi connectivity index (χ0) is 18.0. The molecule has 2 atom stereocenters. The number of hydrogen-bond acceptors (Lipinski definition) is 4. The minimum Gasteiger partial charge on any atom is -0.492 e. The highest BCUT2D eigenvalue weighted by molar-refractivity contribution is 5.76. The van der Waals surface area contributed by atoms with Crippen LogP contribution in [-0.4, -0.2) is 53.4 Å². The molecule has 25 heavy (non-hydrogen) atoms. The molecule has 0 aromatic heterocycles. The van der Waals surface area contributed by atoms with E-state index in [1.807, 2.05) is 19.1 Å². The summed E-state index contributed by atoms with van der Waals surface area (Å²) >= 11 is 0. The van der Waals surface area contributed by atoms with E-state index in [0.717, 1.165) is 30.7 Å². The Bertz CT molecular complexity index is 628. The summed E-state index contributed by atoms with van der Waals surface area (Å²) in [7, 11) is 0. The average molecular weight is 347 g/mol. The molecule has 1 saturated carbocycles. The summed E-state index contributed by atoms with van der Waals surface area (Å²) in [5.74, 6) is 0.495. The minimum absolute atomic E-state index is 0.413.